The summed E-state index contributed by atoms with van der Waals surface area (Å²) in [5.41, 5.74) is 1.14. The van der Waals surface area contributed by atoms with Gasteiger partial charge in [0, 0.05) is 31.4 Å². The number of anilines is 1. The Labute approximate surface area is 116 Å². The van der Waals surface area contributed by atoms with E-state index in [4.69, 9.17) is 0 Å². The molecule has 1 aromatic rings. The number of hydrogen-bond donors (Lipinski definition) is 1. The van der Waals surface area contributed by atoms with Crippen LogP contribution >= 0.6 is 0 Å². The van der Waals surface area contributed by atoms with E-state index in [0.29, 0.717) is 12.1 Å². The second-order valence-electron chi connectivity index (χ2n) is 6.10. The first-order valence-corrected chi connectivity index (χ1v) is 7.80. The molecule has 1 saturated heterocycles. The molecule has 2 fully saturated rings. The molecule has 0 atom stereocenters. The van der Waals surface area contributed by atoms with Crippen LogP contribution in [0.15, 0.2) is 6.20 Å². The van der Waals surface area contributed by atoms with Crippen LogP contribution in [0.25, 0.3) is 0 Å². The lowest BCUT2D eigenvalue weighted by Crippen LogP contribution is -2.39. The minimum atomic E-state index is 0.604. The Morgan fingerprint density at radius 2 is 2.00 bits per heavy atom. The maximum atomic E-state index is 4.66. The van der Waals surface area contributed by atoms with Crippen LogP contribution in [0, 0.1) is 6.92 Å². The van der Waals surface area contributed by atoms with E-state index >= 15 is 0 Å². The number of nitrogens with one attached hydrogen (secondary N) is 1. The lowest BCUT2D eigenvalue weighted by Gasteiger charge is -2.32. The van der Waals surface area contributed by atoms with Crippen LogP contribution in [0.3, 0.4) is 0 Å². The number of aryl methyl sites for hydroxylation is 1. The van der Waals surface area contributed by atoms with Gasteiger partial charge in [-0.1, -0.05) is 6.92 Å². The highest BCUT2D eigenvalue weighted by atomic mass is 15.2. The summed E-state index contributed by atoms with van der Waals surface area (Å²) >= 11 is 0. The maximum absolute atomic E-state index is 4.66. The molecule has 4 heteroatoms. The summed E-state index contributed by atoms with van der Waals surface area (Å²) in [6.07, 6.45) is 8.60. The zero-order chi connectivity index (χ0) is 13.2. The van der Waals surface area contributed by atoms with Crippen molar-refractivity contribution in [2.45, 2.75) is 58.0 Å². The Hall–Kier alpha value is -1.03. The lowest BCUT2D eigenvalue weighted by atomic mass is 10.1. The molecule has 0 radical (unpaired) electrons. The van der Waals surface area contributed by atoms with Crippen LogP contribution < -0.4 is 5.32 Å². The van der Waals surface area contributed by atoms with Crippen LogP contribution in [0.4, 0.5) is 5.95 Å². The van der Waals surface area contributed by atoms with Crippen molar-refractivity contribution < 1.29 is 0 Å². The van der Waals surface area contributed by atoms with Gasteiger partial charge in [-0.15, -0.1) is 0 Å². The first-order chi connectivity index (χ1) is 9.26. The molecule has 0 unspecified atom stereocenters. The second-order valence-corrected chi connectivity index (χ2v) is 6.10. The van der Waals surface area contributed by atoms with Crippen molar-refractivity contribution in [2.75, 3.05) is 25.0 Å². The minimum absolute atomic E-state index is 0.604. The number of aromatic nitrogens is 2. The molecule has 0 bridgehead atoms. The van der Waals surface area contributed by atoms with E-state index in [1.54, 1.807) is 0 Å². The predicted octanol–water partition coefficient (Wildman–Crippen LogP) is 2.81. The van der Waals surface area contributed by atoms with Crippen molar-refractivity contribution in [3.8, 4) is 0 Å². The molecule has 1 saturated carbocycles. The number of rotatable bonds is 5. The third-order valence-corrected chi connectivity index (χ3v) is 4.25. The van der Waals surface area contributed by atoms with Crippen LogP contribution in [-0.4, -0.2) is 40.1 Å². The number of piperidine rings is 1. The highest BCUT2D eigenvalue weighted by Crippen LogP contribution is 2.37. The zero-order valence-corrected chi connectivity index (χ0v) is 12.2. The number of nitrogens with zero attached hydrogens (tertiary/aromatic N) is 3. The van der Waals surface area contributed by atoms with Crippen molar-refractivity contribution in [3.05, 3.63) is 11.9 Å². The van der Waals surface area contributed by atoms with Crippen molar-refractivity contribution >= 4 is 5.95 Å². The fourth-order valence-electron chi connectivity index (χ4n) is 3.05. The van der Waals surface area contributed by atoms with E-state index in [0.717, 1.165) is 11.6 Å². The molecule has 1 aliphatic carbocycles. The van der Waals surface area contributed by atoms with Crippen molar-refractivity contribution in [1.29, 1.82) is 0 Å². The Kier molecular flexibility index (Phi) is 3.78. The third-order valence-electron chi connectivity index (χ3n) is 4.25. The van der Waals surface area contributed by atoms with E-state index in [1.807, 2.05) is 0 Å². The van der Waals surface area contributed by atoms with Gasteiger partial charge in [0.25, 0.3) is 0 Å². The molecule has 19 heavy (non-hydrogen) atoms. The maximum Gasteiger partial charge on any atom is 0.203 e. The number of imidazole rings is 1. The van der Waals surface area contributed by atoms with E-state index in [9.17, 15) is 0 Å². The summed E-state index contributed by atoms with van der Waals surface area (Å²) < 4.78 is 2.35. The molecule has 3 rings (SSSR count). The fourth-order valence-corrected chi connectivity index (χ4v) is 3.05. The Bertz CT molecular complexity index is 414. The van der Waals surface area contributed by atoms with Crippen LogP contribution in [-0.2, 0) is 0 Å². The van der Waals surface area contributed by atoms with Crippen molar-refractivity contribution in [2.24, 2.45) is 0 Å². The van der Waals surface area contributed by atoms with Crippen LogP contribution in [0.5, 0.6) is 0 Å². The molecule has 106 valence electrons. The second kappa shape index (κ2) is 5.53. The van der Waals surface area contributed by atoms with Gasteiger partial charge in [-0.3, -0.25) is 0 Å². The van der Waals surface area contributed by atoms with Gasteiger partial charge in [0.1, 0.15) is 0 Å². The highest BCUT2D eigenvalue weighted by Gasteiger charge is 2.27. The zero-order valence-electron chi connectivity index (χ0n) is 12.2. The van der Waals surface area contributed by atoms with Gasteiger partial charge < -0.3 is 14.8 Å². The van der Waals surface area contributed by atoms with Gasteiger partial charge in [-0.05, 0) is 45.6 Å². The van der Waals surface area contributed by atoms with E-state index in [2.05, 4.69) is 39.8 Å². The van der Waals surface area contributed by atoms with Crippen LogP contribution in [0.2, 0.25) is 0 Å². The molecule has 0 aromatic carbocycles. The molecule has 1 N–H and O–H groups in total. The first kappa shape index (κ1) is 13.0. The Balaban J connectivity index is 1.57. The smallest absolute Gasteiger partial charge is 0.203 e. The topological polar surface area (TPSA) is 33.1 Å². The molecular formula is C15H26N4. The molecule has 2 aliphatic rings. The first-order valence-electron chi connectivity index (χ1n) is 7.80. The summed E-state index contributed by atoms with van der Waals surface area (Å²) in [7, 11) is 0. The summed E-state index contributed by atoms with van der Waals surface area (Å²) in [5.74, 6) is 1.11. The van der Waals surface area contributed by atoms with Crippen LogP contribution in [0.1, 0.15) is 50.8 Å². The van der Waals surface area contributed by atoms with Gasteiger partial charge in [-0.2, -0.15) is 0 Å². The average molecular weight is 262 g/mol. The average Bonchev–Trinajstić information content (AvgIpc) is 3.17. The minimum Gasteiger partial charge on any atom is -0.353 e. The summed E-state index contributed by atoms with van der Waals surface area (Å²) in [6, 6.07) is 1.32. The quantitative estimate of drug-likeness (QED) is 0.886. The fraction of sp³-hybridized carbons (Fsp3) is 0.800. The van der Waals surface area contributed by atoms with Crippen molar-refractivity contribution in [3.63, 3.8) is 0 Å². The summed E-state index contributed by atoms with van der Waals surface area (Å²) in [6.45, 7) is 8.07. The Morgan fingerprint density at radius 3 is 2.63 bits per heavy atom. The molecule has 4 nitrogen and oxygen atoms in total. The van der Waals surface area contributed by atoms with E-state index in [-0.39, 0.29) is 0 Å². The van der Waals surface area contributed by atoms with Gasteiger partial charge in [-0.25, -0.2) is 4.98 Å². The normalized spacial score (nSPS) is 21.8. The number of likely N-dealkylation sites (tertiary alicyclic amines) is 1. The molecule has 0 amide bonds. The number of hydrogen-bond acceptors (Lipinski definition) is 3. The standard InChI is InChI=1S/C15H26N4/c1-3-8-18-9-6-13(7-10-18)17-15-16-12(2)11-19(15)14-4-5-14/h11,13-14H,3-10H2,1-2H3,(H,16,17). The third kappa shape index (κ3) is 3.11. The molecule has 0 spiro atoms. The predicted molar refractivity (Wildman–Crippen MR) is 78.6 cm³/mol. The van der Waals surface area contributed by atoms with Gasteiger partial charge in [0.2, 0.25) is 5.95 Å². The highest BCUT2D eigenvalue weighted by molar-refractivity contribution is 5.32. The van der Waals surface area contributed by atoms with Gasteiger partial charge >= 0.3 is 0 Å². The monoisotopic (exact) mass is 262 g/mol. The largest absolute Gasteiger partial charge is 0.353 e. The van der Waals surface area contributed by atoms with Crippen molar-refractivity contribution in [1.82, 2.24) is 14.5 Å². The van der Waals surface area contributed by atoms with E-state index < -0.39 is 0 Å². The van der Waals surface area contributed by atoms with E-state index in [1.165, 1.54) is 51.7 Å². The molecule has 2 heterocycles. The summed E-state index contributed by atoms with van der Waals surface area (Å²) in [5, 5.41) is 3.68. The van der Waals surface area contributed by atoms with Gasteiger partial charge in [0.05, 0.1) is 5.69 Å². The molecule has 1 aromatic heterocycles. The molecular weight excluding hydrogens is 236 g/mol. The lowest BCUT2D eigenvalue weighted by molar-refractivity contribution is 0.219. The van der Waals surface area contributed by atoms with Gasteiger partial charge in [0.15, 0.2) is 0 Å². The Morgan fingerprint density at radius 1 is 1.26 bits per heavy atom. The SMILES string of the molecule is CCCN1CCC(Nc2nc(C)cn2C2CC2)CC1. The summed E-state index contributed by atoms with van der Waals surface area (Å²) in [4.78, 5) is 7.24. The molecule has 1 aliphatic heterocycles.